The van der Waals surface area contributed by atoms with Crippen molar-refractivity contribution in [3.8, 4) is 0 Å². The SMILES string of the molecule is Cc1ccc(C(CN)N2Cc3ccccc3C2)s1. The number of nitrogens with zero attached hydrogens (tertiary/aromatic N) is 1. The van der Waals surface area contributed by atoms with Crippen molar-refractivity contribution in [2.45, 2.75) is 26.1 Å². The molecule has 2 heterocycles. The van der Waals surface area contributed by atoms with Crippen LogP contribution in [0.1, 0.15) is 26.9 Å². The zero-order chi connectivity index (χ0) is 12.5. The van der Waals surface area contributed by atoms with Gasteiger partial charge in [-0.2, -0.15) is 0 Å². The molecule has 0 bridgehead atoms. The van der Waals surface area contributed by atoms with E-state index in [1.807, 2.05) is 11.3 Å². The van der Waals surface area contributed by atoms with Gasteiger partial charge in [0.2, 0.25) is 0 Å². The minimum absolute atomic E-state index is 0.357. The van der Waals surface area contributed by atoms with Crippen LogP contribution in [0.2, 0.25) is 0 Å². The van der Waals surface area contributed by atoms with Gasteiger partial charge < -0.3 is 5.73 Å². The summed E-state index contributed by atoms with van der Waals surface area (Å²) in [5.74, 6) is 0. The van der Waals surface area contributed by atoms with Crippen molar-refractivity contribution in [2.75, 3.05) is 6.54 Å². The second-order valence-electron chi connectivity index (χ2n) is 4.87. The Morgan fingerprint density at radius 3 is 2.33 bits per heavy atom. The van der Waals surface area contributed by atoms with E-state index in [0.29, 0.717) is 12.6 Å². The Labute approximate surface area is 112 Å². The third kappa shape index (κ3) is 2.09. The van der Waals surface area contributed by atoms with Crippen molar-refractivity contribution in [2.24, 2.45) is 5.73 Å². The molecule has 3 heteroatoms. The first-order valence-electron chi connectivity index (χ1n) is 6.35. The maximum atomic E-state index is 5.99. The summed E-state index contributed by atoms with van der Waals surface area (Å²) in [4.78, 5) is 5.23. The van der Waals surface area contributed by atoms with Crippen LogP contribution in [0.25, 0.3) is 0 Å². The fourth-order valence-corrected chi connectivity index (χ4v) is 3.68. The van der Waals surface area contributed by atoms with Crippen LogP contribution in [0.4, 0.5) is 0 Å². The molecule has 0 fully saturated rings. The molecule has 0 aliphatic carbocycles. The quantitative estimate of drug-likeness (QED) is 0.916. The van der Waals surface area contributed by atoms with Gasteiger partial charge in [0.15, 0.2) is 0 Å². The zero-order valence-electron chi connectivity index (χ0n) is 10.6. The van der Waals surface area contributed by atoms with E-state index >= 15 is 0 Å². The summed E-state index contributed by atoms with van der Waals surface area (Å²) in [5.41, 5.74) is 8.89. The van der Waals surface area contributed by atoms with Gasteiger partial charge in [-0.15, -0.1) is 11.3 Å². The smallest absolute Gasteiger partial charge is 0.0570 e. The van der Waals surface area contributed by atoms with Crippen molar-refractivity contribution in [3.05, 3.63) is 57.3 Å². The largest absolute Gasteiger partial charge is 0.329 e. The average Bonchev–Trinajstić information content (AvgIpc) is 2.96. The topological polar surface area (TPSA) is 29.3 Å². The normalized spacial score (nSPS) is 16.8. The van der Waals surface area contributed by atoms with E-state index in [2.05, 4.69) is 48.2 Å². The lowest BCUT2D eigenvalue weighted by molar-refractivity contribution is 0.208. The number of fused-ring (bicyclic) bond motifs is 1. The third-order valence-corrected chi connectivity index (χ3v) is 4.72. The van der Waals surface area contributed by atoms with Crippen LogP contribution in [0.3, 0.4) is 0 Å². The van der Waals surface area contributed by atoms with E-state index < -0.39 is 0 Å². The summed E-state index contributed by atoms with van der Waals surface area (Å²) < 4.78 is 0. The molecule has 2 N–H and O–H groups in total. The van der Waals surface area contributed by atoms with Gasteiger partial charge in [0.1, 0.15) is 0 Å². The van der Waals surface area contributed by atoms with Crippen molar-refractivity contribution >= 4 is 11.3 Å². The van der Waals surface area contributed by atoms with Crippen molar-refractivity contribution in [1.82, 2.24) is 4.90 Å². The number of hydrogen-bond donors (Lipinski definition) is 1. The van der Waals surface area contributed by atoms with Crippen LogP contribution in [0.15, 0.2) is 36.4 Å². The molecular formula is C15H18N2S. The number of aryl methyl sites for hydroxylation is 1. The average molecular weight is 258 g/mol. The molecule has 2 aromatic rings. The summed E-state index contributed by atoms with van der Waals surface area (Å²) >= 11 is 1.86. The molecule has 0 spiro atoms. The molecule has 2 nitrogen and oxygen atoms in total. The summed E-state index contributed by atoms with van der Waals surface area (Å²) in [6, 6.07) is 13.5. The van der Waals surface area contributed by atoms with Crippen molar-refractivity contribution in [3.63, 3.8) is 0 Å². The summed E-state index contributed by atoms with van der Waals surface area (Å²) in [5, 5.41) is 0. The van der Waals surface area contributed by atoms with Crippen LogP contribution in [-0.4, -0.2) is 11.4 Å². The van der Waals surface area contributed by atoms with Crippen LogP contribution < -0.4 is 5.73 Å². The van der Waals surface area contributed by atoms with Gasteiger partial charge in [-0.3, -0.25) is 4.90 Å². The molecule has 0 saturated carbocycles. The standard InChI is InChI=1S/C15H18N2S/c1-11-6-7-15(18-11)14(8-16)17-9-12-4-2-3-5-13(12)10-17/h2-7,14H,8-10,16H2,1H3. The number of nitrogens with two attached hydrogens (primary N) is 1. The number of thiophene rings is 1. The molecule has 1 aromatic heterocycles. The monoisotopic (exact) mass is 258 g/mol. The third-order valence-electron chi connectivity index (χ3n) is 3.62. The van der Waals surface area contributed by atoms with Gasteiger partial charge in [-0.05, 0) is 30.2 Å². The van der Waals surface area contributed by atoms with Gasteiger partial charge in [0.05, 0.1) is 6.04 Å². The predicted molar refractivity (Wildman–Crippen MR) is 76.5 cm³/mol. The van der Waals surface area contributed by atoms with Crippen LogP contribution in [0.5, 0.6) is 0 Å². The van der Waals surface area contributed by atoms with E-state index in [1.165, 1.54) is 20.9 Å². The molecule has 1 aliphatic heterocycles. The van der Waals surface area contributed by atoms with Gasteiger partial charge in [-0.1, -0.05) is 24.3 Å². The van der Waals surface area contributed by atoms with Gasteiger partial charge in [0, 0.05) is 29.4 Å². The fraction of sp³-hybridized carbons (Fsp3) is 0.333. The molecule has 1 unspecified atom stereocenters. The lowest BCUT2D eigenvalue weighted by atomic mass is 10.1. The Morgan fingerprint density at radius 1 is 1.17 bits per heavy atom. The zero-order valence-corrected chi connectivity index (χ0v) is 11.4. The fourth-order valence-electron chi connectivity index (χ4n) is 2.66. The molecule has 1 atom stereocenters. The molecule has 94 valence electrons. The lowest BCUT2D eigenvalue weighted by Crippen LogP contribution is -2.28. The van der Waals surface area contributed by atoms with E-state index in [0.717, 1.165) is 13.1 Å². The van der Waals surface area contributed by atoms with Crippen LogP contribution >= 0.6 is 11.3 Å². The molecule has 0 radical (unpaired) electrons. The molecular weight excluding hydrogens is 240 g/mol. The molecule has 1 aliphatic rings. The van der Waals surface area contributed by atoms with E-state index in [-0.39, 0.29) is 0 Å². The number of hydrogen-bond acceptors (Lipinski definition) is 3. The van der Waals surface area contributed by atoms with Gasteiger partial charge >= 0.3 is 0 Å². The lowest BCUT2D eigenvalue weighted by Gasteiger charge is -2.25. The van der Waals surface area contributed by atoms with Crippen molar-refractivity contribution < 1.29 is 0 Å². The minimum Gasteiger partial charge on any atom is -0.329 e. The maximum absolute atomic E-state index is 5.99. The highest BCUT2D eigenvalue weighted by Crippen LogP contribution is 2.33. The number of rotatable bonds is 3. The molecule has 18 heavy (non-hydrogen) atoms. The second kappa shape index (κ2) is 4.84. The van der Waals surface area contributed by atoms with Gasteiger partial charge in [-0.25, -0.2) is 0 Å². The maximum Gasteiger partial charge on any atom is 0.0570 e. The Balaban J connectivity index is 1.83. The first-order chi connectivity index (χ1) is 8.78. The first kappa shape index (κ1) is 11.9. The van der Waals surface area contributed by atoms with Crippen molar-refractivity contribution in [1.29, 1.82) is 0 Å². The Hall–Kier alpha value is -1.16. The summed E-state index contributed by atoms with van der Waals surface area (Å²) in [6.45, 7) is 4.89. The summed E-state index contributed by atoms with van der Waals surface area (Å²) in [6.07, 6.45) is 0. The molecule has 1 aromatic carbocycles. The van der Waals surface area contributed by atoms with E-state index in [1.54, 1.807) is 0 Å². The summed E-state index contributed by atoms with van der Waals surface area (Å²) in [7, 11) is 0. The highest BCUT2D eigenvalue weighted by Gasteiger charge is 2.26. The molecule has 0 saturated heterocycles. The number of benzene rings is 1. The van der Waals surface area contributed by atoms with Gasteiger partial charge in [0.25, 0.3) is 0 Å². The second-order valence-corrected chi connectivity index (χ2v) is 6.19. The first-order valence-corrected chi connectivity index (χ1v) is 7.17. The Morgan fingerprint density at radius 2 is 1.83 bits per heavy atom. The molecule has 0 amide bonds. The van der Waals surface area contributed by atoms with Crippen LogP contribution in [0, 0.1) is 6.92 Å². The minimum atomic E-state index is 0.357. The Kier molecular flexibility index (Phi) is 3.20. The predicted octanol–water partition coefficient (Wildman–Crippen LogP) is 3.07. The Bertz CT molecular complexity index is 522. The van der Waals surface area contributed by atoms with Crippen LogP contribution in [-0.2, 0) is 13.1 Å². The molecule has 3 rings (SSSR count). The van der Waals surface area contributed by atoms with E-state index in [4.69, 9.17) is 5.73 Å². The highest BCUT2D eigenvalue weighted by atomic mass is 32.1. The van der Waals surface area contributed by atoms with E-state index in [9.17, 15) is 0 Å². The highest BCUT2D eigenvalue weighted by molar-refractivity contribution is 7.12.